The van der Waals surface area contributed by atoms with Crippen molar-refractivity contribution in [2.45, 2.75) is 39.2 Å². The lowest BCUT2D eigenvalue weighted by Gasteiger charge is -2.18. The number of urea groups is 1. The van der Waals surface area contributed by atoms with Crippen molar-refractivity contribution in [3.05, 3.63) is 30.1 Å². The lowest BCUT2D eigenvalue weighted by atomic mass is 10.2. The van der Waals surface area contributed by atoms with Crippen LogP contribution in [0.25, 0.3) is 11.5 Å². The van der Waals surface area contributed by atoms with Gasteiger partial charge >= 0.3 is 6.03 Å². The zero-order chi connectivity index (χ0) is 17.7. The first-order valence-electron chi connectivity index (χ1n) is 8.01. The maximum atomic E-state index is 12.1. The minimum atomic E-state index is -0.426. The predicted molar refractivity (Wildman–Crippen MR) is 91.8 cm³/mol. The highest BCUT2D eigenvalue weighted by Crippen LogP contribution is 2.21. The van der Waals surface area contributed by atoms with Gasteiger partial charge in [0.15, 0.2) is 5.82 Å². The molecule has 2 aromatic rings. The standard InChI is InChI=1S/C17H24N4O3/c1-11(2)15-19-16(24-20-15)13-5-7-14(8-6-13)18-17(23)21(4)10-9-12(3)22/h5-8,11-12,22H,9-10H2,1-4H3,(H,18,23). The first-order chi connectivity index (χ1) is 11.4. The Kier molecular flexibility index (Phi) is 5.92. The van der Waals surface area contributed by atoms with Crippen molar-refractivity contribution in [3.8, 4) is 11.5 Å². The molecular weight excluding hydrogens is 308 g/mol. The molecular formula is C17H24N4O3. The monoisotopic (exact) mass is 332 g/mol. The normalized spacial score (nSPS) is 12.2. The van der Waals surface area contributed by atoms with Gasteiger partial charge in [0.2, 0.25) is 0 Å². The van der Waals surface area contributed by atoms with Crippen molar-refractivity contribution >= 4 is 11.7 Å². The van der Waals surface area contributed by atoms with Gasteiger partial charge in [-0.25, -0.2) is 4.79 Å². The summed E-state index contributed by atoms with van der Waals surface area (Å²) < 4.78 is 5.25. The number of nitrogens with one attached hydrogen (secondary N) is 1. The van der Waals surface area contributed by atoms with Gasteiger partial charge in [-0.15, -0.1) is 0 Å². The number of carbonyl (C=O) groups is 1. The summed E-state index contributed by atoms with van der Waals surface area (Å²) in [6.07, 6.45) is 0.114. The van der Waals surface area contributed by atoms with Gasteiger partial charge in [-0.2, -0.15) is 4.98 Å². The third-order valence-corrected chi connectivity index (χ3v) is 3.57. The van der Waals surface area contributed by atoms with Crippen LogP contribution in [0.4, 0.5) is 10.5 Å². The van der Waals surface area contributed by atoms with Crippen LogP contribution in [0.2, 0.25) is 0 Å². The molecule has 1 unspecified atom stereocenters. The summed E-state index contributed by atoms with van der Waals surface area (Å²) in [7, 11) is 1.69. The number of aliphatic hydroxyl groups excluding tert-OH is 1. The van der Waals surface area contributed by atoms with E-state index < -0.39 is 6.10 Å². The molecule has 0 aliphatic heterocycles. The van der Waals surface area contributed by atoms with E-state index in [4.69, 9.17) is 4.52 Å². The van der Waals surface area contributed by atoms with Crippen molar-refractivity contribution < 1.29 is 14.4 Å². The number of amides is 2. The van der Waals surface area contributed by atoms with Crippen LogP contribution in [-0.4, -0.2) is 45.9 Å². The topological polar surface area (TPSA) is 91.5 Å². The number of benzene rings is 1. The molecule has 1 aromatic carbocycles. The molecule has 0 bridgehead atoms. The Morgan fingerprint density at radius 2 is 1.96 bits per heavy atom. The van der Waals surface area contributed by atoms with Crippen LogP contribution in [0, 0.1) is 0 Å². The Morgan fingerprint density at radius 3 is 2.50 bits per heavy atom. The molecule has 0 fully saturated rings. The van der Waals surface area contributed by atoms with E-state index in [0.29, 0.717) is 30.4 Å². The quantitative estimate of drug-likeness (QED) is 0.848. The van der Waals surface area contributed by atoms with Gasteiger partial charge in [0.05, 0.1) is 6.10 Å². The summed E-state index contributed by atoms with van der Waals surface area (Å²) in [5.74, 6) is 1.34. The Balaban J connectivity index is 1.97. The first kappa shape index (κ1) is 17.9. The summed E-state index contributed by atoms with van der Waals surface area (Å²) in [6.45, 7) is 6.19. The van der Waals surface area contributed by atoms with Crippen molar-refractivity contribution in [1.29, 1.82) is 0 Å². The number of aliphatic hydroxyl groups is 1. The molecule has 2 N–H and O–H groups in total. The highest BCUT2D eigenvalue weighted by atomic mass is 16.5. The number of anilines is 1. The fourth-order valence-electron chi connectivity index (χ4n) is 1.98. The van der Waals surface area contributed by atoms with Gasteiger partial charge in [-0.1, -0.05) is 19.0 Å². The minimum Gasteiger partial charge on any atom is -0.393 e. The number of aromatic nitrogens is 2. The Morgan fingerprint density at radius 1 is 1.29 bits per heavy atom. The molecule has 1 heterocycles. The Labute approximate surface area is 141 Å². The summed E-state index contributed by atoms with van der Waals surface area (Å²) >= 11 is 0. The van der Waals surface area contributed by atoms with Crippen LogP contribution < -0.4 is 5.32 Å². The average molecular weight is 332 g/mol. The predicted octanol–water partition coefficient (Wildman–Crippen LogP) is 3.09. The second kappa shape index (κ2) is 7.92. The Bertz CT molecular complexity index is 665. The molecule has 130 valence electrons. The highest BCUT2D eigenvalue weighted by Gasteiger charge is 2.13. The molecule has 7 nitrogen and oxygen atoms in total. The van der Waals surface area contributed by atoms with Gasteiger partial charge < -0.3 is 19.8 Å². The fraction of sp³-hybridized carbons (Fsp3) is 0.471. The second-order valence-corrected chi connectivity index (χ2v) is 6.18. The van der Waals surface area contributed by atoms with E-state index in [0.717, 1.165) is 5.56 Å². The van der Waals surface area contributed by atoms with E-state index in [2.05, 4.69) is 15.5 Å². The number of nitrogens with zero attached hydrogens (tertiary/aromatic N) is 3. The maximum Gasteiger partial charge on any atom is 0.321 e. The summed E-state index contributed by atoms with van der Waals surface area (Å²) in [5.41, 5.74) is 1.48. The summed E-state index contributed by atoms with van der Waals surface area (Å²) in [5, 5.41) is 16.0. The molecule has 0 spiro atoms. The highest BCUT2D eigenvalue weighted by molar-refractivity contribution is 5.89. The molecule has 2 amide bonds. The molecule has 0 radical (unpaired) electrons. The fourth-order valence-corrected chi connectivity index (χ4v) is 1.98. The van der Waals surface area contributed by atoms with Crippen LogP contribution in [0.15, 0.2) is 28.8 Å². The largest absolute Gasteiger partial charge is 0.393 e. The third-order valence-electron chi connectivity index (χ3n) is 3.57. The molecule has 1 atom stereocenters. The minimum absolute atomic E-state index is 0.207. The van der Waals surface area contributed by atoms with E-state index in [1.54, 1.807) is 26.1 Å². The van der Waals surface area contributed by atoms with Gasteiger partial charge in [0.25, 0.3) is 5.89 Å². The smallest absolute Gasteiger partial charge is 0.321 e. The Hall–Kier alpha value is -2.41. The first-order valence-corrected chi connectivity index (χ1v) is 8.01. The van der Waals surface area contributed by atoms with E-state index >= 15 is 0 Å². The molecule has 1 aromatic heterocycles. The van der Waals surface area contributed by atoms with Crippen molar-refractivity contribution in [2.24, 2.45) is 0 Å². The zero-order valence-electron chi connectivity index (χ0n) is 14.5. The zero-order valence-corrected chi connectivity index (χ0v) is 14.5. The van der Waals surface area contributed by atoms with Gasteiger partial charge in [0.1, 0.15) is 0 Å². The number of rotatable bonds is 6. The van der Waals surface area contributed by atoms with Crippen molar-refractivity contribution in [2.75, 3.05) is 18.9 Å². The van der Waals surface area contributed by atoms with E-state index in [1.165, 1.54) is 4.90 Å². The van der Waals surface area contributed by atoms with E-state index in [1.807, 2.05) is 26.0 Å². The van der Waals surface area contributed by atoms with Crippen LogP contribution in [0.1, 0.15) is 38.9 Å². The molecule has 0 aliphatic carbocycles. The van der Waals surface area contributed by atoms with Crippen LogP contribution in [0.3, 0.4) is 0 Å². The van der Waals surface area contributed by atoms with E-state index in [-0.39, 0.29) is 11.9 Å². The average Bonchev–Trinajstić information content (AvgIpc) is 3.03. The molecule has 0 saturated carbocycles. The van der Waals surface area contributed by atoms with Gasteiger partial charge in [-0.3, -0.25) is 0 Å². The molecule has 2 rings (SSSR count). The molecule has 7 heteroatoms. The van der Waals surface area contributed by atoms with Crippen LogP contribution in [-0.2, 0) is 0 Å². The third kappa shape index (κ3) is 4.79. The molecule has 24 heavy (non-hydrogen) atoms. The maximum absolute atomic E-state index is 12.1. The van der Waals surface area contributed by atoms with E-state index in [9.17, 15) is 9.90 Å². The second-order valence-electron chi connectivity index (χ2n) is 6.18. The summed E-state index contributed by atoms with van der Waals surface area (Å²) in [4.78, 5) is 17.9. The number of carbonyl (C=O) groups excluding carboxylic acids is 1. The van der Waals surface area contributed by atoms with Crippen molar-refractivity contribution in [3.63, 3.8) is 0 Å². The van der Waals surface area contributed by atoms with Crippen LogP contribution in [0.5, 0.6) is 0 Å². The lowest BCUT2D eigenvalue weighted by molar-refractivity contribution is 0.167. The van der Waals surface area contributed by atoms with Gasteiger partial charge in [-0.05, 0) is 37.6 Å². The van der Waals surface area contributed by atoms with Crippen molar-refractivity contribution in [1.82, 2.24) is 15.0 Å². The number of hydrogen-bond acceptors (Lipinski definition) is 5. The number of hydrogen-bond donors (Lipinski definition) is 2. The molecule has 0 aliphatic rings. The SMILES string of the molecule is CC(O)CCN(C)C(=O)Nc1ccc(-c2nc(C(C)C)no2)cc1. The lowest BCUT2D eigenvalue weighted by Crippen LogP contribution is -2.33. The van der Waals surface area contributed by atoms with Crippen LogP contribution >= 0.6 is 0 Å². The molecule has 0 saturated heterocycles. The summed E-state index contributed by atoms with van der Waals surface area (Å²) in [6, 6.07) is 7.00. The van der Waals surface area contributed by atoms with Gasteiger partial charge in [0, 0.05) is 30.8 Å².